The van der Waals surface area contributed by atoms with E-state index in [9.17, 15) is 4.79 Å². The lowest BCUT2D eigenvalue weighted by molar-refractivity contribution is -0.129. The Morgan fingerprint density at radius 2 is 1.52 bits per heavy atom. The van der Waals surface area contributed by atoms with E-state index in [1.165, 1.54) is 12.0 Å². The van der Waals surface area contributed by atoms with Crippen molar-refractivity contribution in [1.29, 1.82) is 0 Å². The highest BCUT2D eigenvalue weighted by Crippen LogP contribution is 2.39. The third kappa shape index (κ3) is 3.73. The maximum atomic E-state index is 12.0. The van der Waals surface area contributed by atoms with Gasteiger partial charge in [-0.1, -0.05) is 49.6 Å². The van der Waals surface area contributed by atoms with Gasteiger partial charge in [0.05, 0.1) is 5.41 Å². The largest absolute Gasteiger partial charge is 0.369 e. The highest BCUT2D eigenvalue weighted by Gasteiger charge is 2.37. The molecule has 0 spiro atoms. The van der Waals surface area contributed by atoms with Gasteiger partial charge in [-0.05, 0) is 49.1 Å². The maximum Gasteiger partial charge on any atom is 0.223 e. The van der Waals surface area contributed by atoms with Gasteiger partial charge in [0.15, 0.2) is 0 Å². The highest BCUT2D eigenvalue weighted by molar-refractivity contribution is 5.81. The molecule has 0 radical (unpaired) electrons. The van der Waals surface area contributed by atoms with Gasteiger partial charge in [-0.3, -0.25) is 4.79 Å². The summed E-state index contributed by atoms with van der Waals surface area (Å²) in [6.07, 6.45) is 6.04. The minimum absolute atomic E-state index is 0.135. The average molecular weight is 308 g/mol. The summed E-state index contributed by atoms with van der Waals surface area (Å²) in [6, 6.07) is 18.4. The quantitative estimate of drug-likeness (QED) is 0.859. The molecule has 3 N–H and O–H groups in total. The van der Waals surface area contributed by atoms with Crippen molar-refractivity contribution in [2.45, 2.75) is 38.5 Å². The molecule has 120 valence electrons. The van der Waals surface area contributed by atoms with Crippen LogP contribution >= 0.6 is 0 Å². The van der Waals surface area contributed by atoms with Gasteiger partial charge in [0, 0.05) is 11.4 Å². The lowest BCUT2D eigenvalue weighted by Gasteiger charge is -2.34. The van der Waals surface area contributed by atoms with Crippen LogP contribution in [0.25, 0.3) is 0 Å². The number of benzene rings is 2. The number of carbonyl (C=O) groups is 1. The first kappa shape index (κ1) is 15.6. The number of nitrogens with one attached hydrogen (secondary N) is 1. The fourth-order valence-corrected chi connectivity index (χ4v) is 3.52. The summed E-state index contributed by atoms with van der Waals surface area (Å²) in [5.74, 6) is -0.135. The van der Waals surface area contributed by atoms with Gasteiger partial charge in [0.1, 0.15) is 0 Å². The van der Waals surface area contributed by atoms with Crippen molar-refractivity contribution >= 4 is 17.3 Å². The second-order valence-corrected chi connectivity index (χ2v) is 6.57. The zero-order valence-corrected chi connectivity index (χ0v) is 13.4. The van der Waals surface area contributed by atoms with Crippen molar-refractivity contribution in [3.63, 3.8) is 0 Å². The minimum atomic E-state index is -0.341. The first-order valence-corrected chi connectivity index (χ1v) is 8.39. The van der Waals surface area contributed by atoms with Gasteiger partial charge < -0.3 is 11.1 Å². The summed E-state index contributed by atoms with van der Waals surface area (Å²) in [4.78, 5) is 12.0. The van der Waals surface area contributed by atoms with Gasteiger partial charge in [0.2, 0.25) is 5.91 Å². The third-order valence-electron chi connectivity index (χ3n) is 4.89. The number of nitrogens with two attached hydrogens (primary N) is 1. The average Bonchev–Trinajstić information content (AvgIpc) is 2.58. The van der Waals surface area contributed by atoms with Crippen LogP contribution in [0, 0.1) is 5.41 Å². The van der Waals surface area contributed by atoms with Crippen molar-refractivity contribution < 1.29 is 4.79 Å². The second-order valence-electron chi connectivity index (χ2n) is 6.57. The fourth-order valence-electron chi connectivity index (χ4n) is 3.52. The van der Waals surface area contributed by atoms with E-state index in [1.54, 1.807) is 0 Å². The molecule has 1 aliphatic carbocycles. The summed E-state index contributed by atoms with van der Waals surface area (Å²) >= 11 is 0. The first-order chi connectivity index (χ1) is 11.2. The topological polar surface area (TPSA) is 55.1 Å². The molecule has 1 fully saturated rings. The van der Waals surface area contributed by atoms with E-state index >= 15 is 0 Å². The summed E-state index contributed by atoms with van der Waals surface area (Å²) < 4.78 is 0. The maximum absolute atomic E-state index is 12.0. The molecule has 0 atom stereocenters. The molecule has 0 saturated heterocycles. The van der Waals surface area contributed by atoms with E-state index in [2.05, 4.69) is 29.6 Å². The molecule has 0 bridgehead atoms. The van der Waals surface area contributed by atoms with Crippen LogP contribution in [0.4, 0.5) is 11.4 Å². The molecular weight excluding hydrogens is 284 g/mol. The normalized spacial score (nSPS) is 16.7. The Bertz CT molecular complexity index is 643. The van der Waals surface area contributed by atoms with Gasteiger partial charge >= 0.3 is 0 Å². The molecule has 3 heteroatoms. The van der Waals surface area contributed by atoms with E-state index in [4.69, 9.17) is 5.73 Å². The van der Waals surface area contributed by atoms with E-state index in [0.717, 1.165) is 43.5 Å². The van der Waals surface area contributed by atoms with Crippen molar-refractivity contribution in [2.24, 2.45) is 11.1 Å². The minimum Gasteiger partial charge on any atom is -0.369 e. The number of amides is 1. The lowest BCUT2D eigenvalue weighted by atomic mass is 9.70. The zero-order valence-electron chi connectivity index (χ0n) is 13.4. The van der Waals surface area contributed by atoms with Crippen LogP contribution in [0.2, 0.25) is 0 Å². The SMILES string of the molecule is NC(=O)C1(Cc2ccc(Nc3ccccc3)cc2)CCCCC1. The van der Waals surface area contributed by atoms with Gasteiger partial charge in [-0.15, -0.1) is 0 Å². The molecular formula is C20H24N2O. The Hall–Kier alpha value is -2.29. The van der Waals surface area contributed by atoms with Crippen LogP contribution < -0.4 is 11.1 Å². The van der Waals surface area contributed by atoms with Crippen LogP contribution in [-0.4, -0.2) is 5.91 Å². The Morgan fingerprint density at radius 3 is 2.13 bits per heavy atom. The molecule has 0 heterocycles. The van der Waals surface area contributed by atoms with Crippen LogP contribution in [0.3, 0.4) is 0 Å². The number of rotatable bonds is 5. The molecule has 0 aromatic heterocycles. The van der Waals surface area contributed by atoms with Crippen LogP contribution in [0.1, 0.15) is 37.7 Å². The molecule has 1 amide bonds. The van der Waals surface area contributed by atoms with Gasteiger partial charge in [-0.25, -0.2) is 0 Å². The predicted molar refractivity (Wildman–Crippen MR) is 94.6 cm³/mol. The standard InChI is InChI=1S/C20H24N2O/c21-19(23)20(13-5-2-6-14-20)15-16-9-11-18(12-10-16)22-17-7-3-1-4-8-17/h1,3-4,7-12,22H,2,5-6,13-15H2,(H2,21,23). The van der Waals surface area contributed by atoms with Crippen molar-refractivity contribution in [2.75, 3.05) is 5.32 Å². The number of para-hydroxylation sites is 1. The smallest absolute Gasteiger partial charge is 0.223 e. The van der Waals surface area contributed by atoms with E-state index in [1.807, 2.05) is 30.3 Å². The summed E-state index contributed by atoms with van der Waals surface area (Å²) in [7, 11) is 0. The molecule has 2 aromatic carbocycles. The monoisotopic (exact) mass is 308 g/mol. The Kier molecular flexibility index (Phi) is 4.65. The molecule has 0 aliphatic heterocycles. The number of hydrogen-bond acceptors (Lipinski definition) is 2. The Labute approximate surface area is 137 Å². The summed E-state index contributed by atoms with van der Waals surface area (Å²) in [5.41, 5.74) is 8.70. The zero-order chi connectivity index (χ0) is 16.1. The van der Waals surface area contributed by atoms with Crippen molar-refractivity contribution in [3.8, 4) is 0 Å². The number of hydrogen-bond donors (Lipinski definition) is 2. The van der Waals surface area contributed by atoms with E-state index in [-0.39, 0.29) is 11.3 Å². The molecule has 2 aromatic rings. The Balaban J connectivity index is 1.70. The molecule has 23 heavy (non-hydrogen) atoms. The van der Waals surface area contributed by atoms with E-state index in [0.29, 0.717) is 0 Å². The molecule has 0 unspecified atom stereocenters. The van der Waals surface area contributed by atoms with Crippen molar-refractivity contribution in [3.05, 3.63) is 60.2 Å². The summed E-state index contributed by atoms with van der Waals surface area (Å²) in [6.45, 7) is 0. The molecule has 3 nitrogen and oxygen atoms in total. The molecule has 1 aliphatic rings. The Morgan fingerprint density at radius 1 is 0.913 bits per heavy atom. The number of anilines is 2. The highest BCUT2D eigenvalue weighted by atomic mass is 16.1. The lowest BCUT2D eigenvalue weighted by Crippen LogP contribution is -2.40. The fraction of sp³-hybridized carbons (Fsp3) is 0.350. The number of carbonyl (C=O) groups excluding carboxylic acids is 1. The first-order valence-electron chi connectivity index (χ1n) is 8.39. The van der Waals surface area contributed by atoms with Gasteiger partial charge in [0.25, 0.3) is 0 Å². The molecule has 3 rings (SSSR count). The summed E-state index contributed by atoms with van der Waals surface area (Å²) in [5, 5.41) is 3.38. The molecule has 1 saturated carbocycles. The van der Waals surface area contributed by atoms with Crippen LogP contribution in [0.15, 0.2) is 54.6 Å². The third-order valence-corrected chi connectivity index (χ3v) is 4.89. The second kappa shape index (κ2) is 6.86. The predicted octanol–water partition coefficient (Wildman–Crippen LogP) is 4.41. The van der Waals surface area contributed by atoms with Crippen LogP contribution in [-0.2, 0) is 11.2 Å². The van der Waals surface area contributed by atoms with Gasteiger partial charge in [-0.2, -0.15) is 0 Å². The number of primary amides is 1. The van der Waals surface area contributed by atoms with E-state index < -0.39 is 0 Å². The van der Waals surface area contributed by atoms with Crippen LogP contribution in [0.5, 0.6) is 0 Å². The van der Waals surface area contributed by atoms with Crippen molar-refractivity contribution in [1.82, 2.24) is 0 Å².